The highest BCUT2D eigenvalue weighted by Gasteiger charge is 2.24. The second-order valence-electron chi connectivity index (χ2n) is 5.56. The van der Waals surface area contributed by atoms with Gasteiger partial charge < -0.3 is 4.90 Å². The Hall–Kier alpha value is -2.00. The zero-order chi connectivity index (χ0) is 17.2. The van der Waals surface area contributed by atoms with Gasteiger partial charge in [-0.25, -0.2) is 13.1 Å². The molecule has 1 saturated heterocycles. The Morgan fingerprint density at radius 2 is 1.91 bits per heavy atom. The van der Waals surface area contributed by atoms with Gasteiger partial charge in [0.1, 0.15) is 0 Å². The minimum atomic E-state index is -4.00. The van der Waals surface area contributed by atoms with E-state index >= 15 is 0 Å². The number of hydrogen-bond acceptors (Lipinski definition) is 5. The third-order valence-corrected chi connectivity index (χ3v) is 5.50. The lowest BCUT2D eigenvalue weighted by Gasteiger charge is -2.16. The fourth-order valence-electron chi connectivity index (χ4n) is 2.51. The summed E-state index contributed by atoms with van der Waals surface area (Å²) in [4.78, 5) is 23.7. The molecule has 1 aliphatic heterocycles. The summed E-state index contributed by atoms with van der Waals surface area (Å²) in [7, 11) is -4.00. The summed E-state index contributed by atoms with van der Waals surface area (Å²) in [6.45, 7) is 4.11. The molecule has 0 atom stereocenters. The Morgan fingerprint density at radius 3 is 2.48 bits per heavy atom. The number of carbonyl (C=O) groups excluding carboxylic acids is 1. The number of aryl methyl sites for hydroxylation is 1. The van der Waals surface area contributed by atoms with E-state index in [0.717, 1.165) is 18.9 Å². The molecule has 0 bridgehead atoms. The number of benzene rings is 1. The first-order valence-electron chi connectivity index (χ1n) is 7.25. The SMILES string of the molecule is Cc1cc([N+](=O)[O-])cc(S(=O)(=O)NCC(=O)N2CCCC2)c1C. The number of nitro benzene ring substituents is 1. The summed E-state index contributed by atoms with van der Waals surface area (Å²) < 4.78 is 27.0. The van der Waals surface area contributed by atoms with Crippen molar-refractivity contribution in [1.29, 1.82) is 0 Å². The first kappa shape index (κ1) is 17.4. The highest BCUT2D eigenvalue weighted by atomic mass is 32.2. The van der Waals surface area contributed by atoms with Gasteiger partial charge in [0.05, 0.1) is 16.4 Å². The number of rotatable bonds is 5. The van der Waals surface area contributed by atoms with Crippen molar-refractivity contribution in [3.8, 4) is 0 Å². The molecule has 2 rings (SSSR count). The first-order valence-corrected chi connectivity index (χ1v) is 8.74. The van der Waals surface area contributed by atoms with Crippen LogP contribution in [0.2, 0.25) is 0 Å². The number of non-ortho nitro benzene ring substituents is 1. The van der Waals surface area contributed by atoms with E-state index in [0.29, 0.717) is 24.2 Å². The highest BCUT2D eigenvalue weighted by Crippen LogP contribution is 2.25. The molecular weight excluding hydrogens is 322 g/mol. The van der Waals surface area contributed by atoms with Gasteiger partial charge in [-0.1, -0.05) is 0 Å². The summed E-state index contributed by atoms with van der Waals surface area (Å²) in [5.74, 6) is -0.286. The predicted molar refractivity (Wildman–Crippen MR) is 83.6 cm³/mol. The number of nitro groups is 1. The second kappa shape index (κ2) is 6.63. The Kier molecular flexibility index (Phi) is 5.00. The summed E-state index contributed by atoms with van der Waals surface area (Å²) in [5.41, 5.74) is 0.640. The van der Waals surface area contributed by atoms with Crippen LogP contribution >= 0.6 is 0 Å². The van der Waals surface area contributed by atoms with Crippen LogP contribution in [0, 0.1) is 24.0 Å². The Balaban J connectivity index is 2.22. The topological polar surface area (TPSA) is 110 Å². The van der Waals surface area contributed by atoms with Crippen LogP contribution in [-0.4, -0.2) is 43.8 Å². The second-order valence-corrected chi connectivity index (χ2v) is 7.29. The smallest absolute Gasteiger partial charge is 0.271 e. The maximum absolute atomic E-state index is 12.4. The van der Waals surface area contributed by atoms with Crippen molar-refractivity contribution in [2.75, 3.05) is 19.6 Å². The molecule has 0 aromatic heterocycles. The van der Waals surface area contributed by atoms with E-state index in [1.165, 1.54) is 6.07 Å². The molecule has 0 saturated carbocycles. The zero-order valence-electron chi connectivity index (χ0n) is 13.0. The lowest BCUT2D eigenvalue weighted by molar-refractivity contribution is -0.385. The number of likely N-dealkylation sites (tertiary alicyclic amines) is 1. The van der Waals surface area contributed by atoms with Crippen molar-refractivity contribution < 1.29 is 18.1 Å². The Labute approximate surface area is 134 Å². The first-order chi connectivity index (χ1) is 10.7. The van der Waals surface area contributed by atoms with Crippen LogP contribution in [0.25, 0.3) is 0 Å². The normalized spacial score (nSPS) is 15.0. The van der Waals surface area contributed by atoms with Crippen LogP contribution in [0.1, 0.15) is 24.0 Å². The van der Waals surface area contributed by atoms with Gasteiger partial charge in [-0.2, -0.15) is 0 Å². The molecule has 0 spiro atoms. The average Bonchev–Trinajstić information content (AvgIpc) is 3.01. The van der Waals surface area contributed by atoms with Crippen LogP contribution in [0.15, 0.2) is 17.0 Å². The molecule has 1 amide bonds. The van der Waals surface area contributed by atoms with E-state index in [1.807, 2.05) is 0 Å². The third kappa shape index (κ3) is 3.85. The van der Waals surface area contributed by atoms with Gasteiger partial charge in [0.15, 0.2) is 0 Å². The van der Waals surface area contributed by atoms with Crippen LogP contribution in [0.4, 0.5) is 5.69 Å². The monoisotopic (exact) mass is 341 g/mol. The van der Waals surface area contributed by atoms with Crippen molar-refractivity contribution in [2.45, 2.75) is 31.6 Å². The van der Waals surface area contributed by atoms with E-state index in [9.17, 15) is 23.3 Å². The summed E-state index contributed by atoms with van der Waals surface area (Å²) in [6.07, 6.45) is 1.84. The number of sulfonamides is 1. The Morgan fingerprint density at radius 1 is 1.30 bits per heavy atom. The van der Waals surface area contributed by atoms with E-state index in [-0.39, 0.29) is 23.0 Å². The fourth-order valence-corrected chi connectivity index (χ4v) is 3.81. The highest BCUT2D eigenvalue weighted by molar-refractivity contribution is 7.89. The molecule has 0 unspecified atom stereocenters. The molecule has 0 radical (unpaired) electrons. The minimum absolute atomic E-state index is 0.168. The van der Waals surface area contributed by atoms with Crippen LogP contribution in [-0.2, 0) is 14.8 Å². The average molecular weight is 341 g/mol. The molecule has 1 heterocycles. The molecule has 1 fully saturated rings. The van der Waals surface area contributed by atoms with E-state index in [1.54, 1.807) is 18.7 Å². The quantitative estimate of drug-likeness (QED) is 0.637. The van der Waals surface area contributed by atoms with Gasteiger partial charge in [-0.3, -0.25) is 14.9 Å². The fraction of sp³-hybridized carbons (Fsp3) is 0.500. The number of nitrogens with zero attached hydrogens (tertiary/aromatic N) is 2. The molecule has 1 aromatic rings. The lowest BCUT2D eigenvalue weighted by Crippen LogP contribution is -2.38. The molecule has 8 nitrogen and oxygen atoms in total. The summed E-state index contributed by atoms with van der Waals surface area (Å²) in [5, 5.41) is 10.9. The largest absolute Gasteiger partial charge is 0.342 e. The minimum Gasteiger partial charge on any atom is -0.342 e. The van der Waals surface area contributed by atoms with Crippen molar-refractivity contribution in [3.63, 3.8) is 0 Å². The Bertz CT molecular complexity index is 739. The molecule has 1 N–H and O–H groups in total. The zero-order valence-corrected chi connectivity index (χ0v) is 13.9. The lowest BCUT2D eigenvalue weighted by atomic mass is 10.1. The maximum atomic E-state index is 12.4. The summed E-state index contributed by atoms with van der Waals surface area (Å²) in [6, 6.07) is 2.34. The van der Waals surface area contributed by atoms with Gasteiger partial charge in [-0.15, -0.1) is 0 Å². The van der Waals surface area contributed by atoms with E-state index in [4.69, 9.17) is 0 Å². The molecular formula is C14H19N3O5S. The van der Waals surface area contributed by atoms with Gasteiger partial charge >= 0.3 is 0 Å². The van der Waals surface area contributed by atoms with Crippen molar-refractivity contribution in [2.24, 2.45) is 0 Å². The number of nitrogens with one attached hydrogen (secondary N) is 1. The van der Waals surface area contributed by atoms with Crippen molar-refractivity contribution in [1.82, 2.24) is 9.62 Å². The van der Waals surface area contributed by atoms with E-state index < -0.39 is 14.9 Å². The van der Waals surface area contributed by atoms with Crippen molar-refractivity contribution in [3.05, 3.63) is 33.4 Å². The molecule has 1 aliphatic rings. The van der Waals surface area contributed by atoms with Gasteiger partial charge in [0, 0.05) is 25.2 Å². The van der Waals surface area contributed by atoms with Crippen LogP contribution in [0.5, 0.6) is 0 Å². The molecule has 9 heteroatoms. The van der Waals surface area contributed by atoms with E-state index in [2.05, 4.69) is 4.72 Å². The molecule has 23 heavy (non-hydrogen) atoms. The number of hydrogen-bond donors (Lipinski definition) is 1. The predicted octanol–water partition coefficient (Wildman–Crippen LogP) is 1.11. The van der Waals surface area contributed by atoms with Gasteiger partial charge in [-0.05, 0) is 37.8 Å². The van der Waals surface area contributed by atoms with Gasteiger partial charge in [0.2, 0.25) is 15.9 Å². The molecule has 0 aliphatic carbocycles. The maximum Gasteiger partial charge on any atom is 0.271 e. The summed E-state index contributed by atoms with van der Waals surface area (Å²) >= 11 is 0. The standard InChI is InChI=1S/C14H19N3O5S/c1-10-7-12(17(19)20)8-13(11(10)2)23(21,22)15-9-14(18)16-5-3-4-6-16/h7-8,15H,3-6,9H2,1-2H3. The number of carbonyl (C=O) groups is 1. The third-order valence-electron chi connectivity index (χ3n) is 3.98. The van der Waals surface area contributed by atoms with Crippen LogP contribution in [0.3, 0.4) is 0 Å². The number of amides is 1. The van der Waals surface area contributed by atoms with Gasteiger partial charge in [0.25, 0.3) is 5.69 Å². The molecule has 126 valence electrons. The molecule has 1 aromatic carbocycles. The van der Waals surface area contributed by atoms with Crippen LogP contribution < -0.4 is 4.72 Å². The van der Waals surface area contributed by atoms with Crippen molar-refractivity contribution >= 4 is 21.6 Å².